The van der Waals surface area contributed by atoms with Crippen molar-refractivity contribution in [2.24, 2.45) is 0 Å². The molecule has 0 bridgehead atoms. The molecule has 2 unspecified atom stereocenters. The lowest BCUT2D eigenvalue weighted by atomic mass is 9.93. The lowest BCUT2D eigenvalue weighted by Gasteiger charge is -2.44. The molecular weight excluding hydrogens is 596 g/mol. The van der Waals surface area contributed by atoms with Gasteiger partial charge in [0.2, 0.25) is 0 Å². The van der Waals surface area contributed by atoms with Gasteiger partial charge in [-0.15, -0.1) is 0 Å². The molecule has 2 aliphatic heterocycles. The largest absolute Gasteiger partial charge is 0.482 e. The summed E-state index contributed by atoms with van der Waals surface area (Å²) in [4.78, 5) is 27.9. The number of nitro groups is 2. The molecule has 7 rings (SSSR count). The molecule has 0 radical (unpaired) electrons. The maximum atomic E-state index is 12.3. The third-order valence-corrected chi connectivity index (χ3v) is 8.67. The number of non-ortho nitro benzene ring substituents is 2. The molecule has 0 N–H and O–H groups in total. The molecule has 47 heavy (non-hydrogen) atoms. The van der Waals surface area contributed by atoms with Crippen molar-refractivity contribution in [3.63, 3.8) is 0 Å². The Labute approximate surface area is 271 Å². The fourth-order valence-corrected chi connectivity index (χ4v) is 6.54. The summed E-state index contributed by atoms with van der Waals surface area (Å²) in [6.07, 6.45) is 18.5. The van der Waals surface area contributed by atoms with Gasteiger partial charge in [-0.05, 0) is 72.9 Å². The highest BCUT2D eigenvalue weighted by Gasteiger charge is 2.37. The summed E-state index contributed by atoms with van der Waals surface area (Å²) in [7, 11) is 0. The van der Waals surface area contributed by atoms with Crippen molar-refractivity contribution >= 4 is 28.4 Å². The van der Waals surface area contributed by atoms with Gasteiger partial charge < -0.3 is 19.3 Å². The van der Waals surface area contributed by atoms with E-state index in [2.05, 4.69) is 17.6 Å². The Morgan fingerprint density at radius 3 is 2.36 bits per heavy atom. The first kappa shape index (κ1) is 29.8. The average Bonchev–Trinajstić information content (AvgIpc) is 3.08. The molecule has 4 aliphatic rings. The Balaban J connectivity index is 1.39. The fourth-order valence-electron chi connectivity index (χ4n) is 6.54. The van der Waals surface area contributed by atoms with Crippen LogP contribution in [0.5, 0.6) is 5.75 Å². The quantitative estimate of drug-likeness (QED) is 0.157. The molecule has 0 aromatic heterocycles. The van der Waals surface area contributed by atoms with E-state index in [0.717, 1.165) is 30.6 Å². The van der Waals surface area contributed by atoms with Gasteiger partial charge in [-0.25, -0.2) is 0 Å². The summed E-state index contributed by atoms with van der Waals surface area (Å²) in [5.74, 6) is 1.89. The highest BCUT2D eigenvalue weighted by molar-refractivity contribution is 5.81. The molecule has 2 aliphatic carbocycles. The van der Waals surface area contributed by atoms with Gasteiger partial charge in [0, 0.05) is 48.6 Å². The Morgan fingerprint density at radius 2 is 1.57 bits per heavy atom. The minimum Gasteiger partial charge on any atom is -0.482 e. The monoisotopic (exact) mass is 628 g/mol. The molecule has 0 fully saturated rings. The number of fused-ring (bicyclic) bond motifs is 2. The van der Waals surface area contributed by atoms with Crippen LogP contribution >= 0.6 is 0 Å². The maximum Gasteiger partial charge on any atom is 0.272 e. The molecule has 10 heteroatoms. The molecule has 0 saturated carbocycles. The van der Waals surface area contributed by atoms with E-state index in [0.29, 0.717) is 52.7 Å². The molecule has 0 amide bonds. The van der Waals surface area contributed by atoms with Gasteiger partial charge in [0.1, 0.15) is 23.4 Å². The summed E-state index contributed by atoms with van der Waals surface area (Å²) in [6.45, 7) is 4.40. The molecular formula is C37H32N4O6. The van der Waals surface area contributed by atoms with Crippen LogP contribution in [0.2, 0.25) is 0 Å². The van der Waals surface area contributed by atoms with E-state index in [1.807, 2.05) is 77.8 Å². The summed E-state index contributed by atoms with van der Waals surface area (Å²) >= 11 is 0. The second kappa shape index (κ2) is 12.5. The van der Waals surface area contributed by atoms with Gasteiger partial charge in [0.05, 0.1) is 27.3 Å². The van der Waals surface area contributed by atoms with E-state index < -0.39 is 9.85 Å². The van der Waals surface area contributed by atoms with E-state index >= 15 is 0 Å². The Bertz CT molecular complexity index is 1940. The van der Waals surface area contributed by atoms with Crippen molar-refractivity contribution in [3.05, 3.63) is 153 Å². The average molecular weight is 629 g/mol. The predicted octanol–water partition coefficient (Wildman–Crippen LogP) is 8.81. The number of hydrogen-bond acceptors (Lipinski definition) is 8. The first-order chi connectivity index (χ1) is 22.9. The lowest BCUT2D eigenvalue weighted by Crippen LogP contribution is -2.47. The van der Waals surface area contributed by atoms with Crippen LogP contribution in [0.3, 0.4) is 0 Å². The highest BCUT2D eigenvalue weighted by atomic mass is 16.6. The van der Waals surface area contributed by atoms with E-state index in [-0.39, 0.29) is 23.5 Å². The molecule has 0 saturated heterocycles. The zero-order valence-corrected chi connectivity index (χ0v) is 25.5. The van der Waals surface area contributed by atoms with Crippen LogP contribution in [0.15, 0.2) is 133 Å². The molecule has 3 aromatic carbocycles. The van der Waals surface area contributed by atoms with Crippen molar-refractivity contribution in [2.45, 2.75) is 37.8 Å². The standard InChI is InChI=1S/C37H32N4O6/c1-25-11-3-2-10-18-38(32-12-4-7-15-35(32)46-25)28-19-26(21-30(23-28)40(42)43)27-20-29(24-31(22-27)41(44)45)39-33-13-5-8-16-36(33)47-37-17-9-6-14-34(37)39/h2-5,8-13,16-17,19-24,34,37H,1,6-7,14-15,18H2/b10-2-,11-3-. The van der Waals surface area contributed by atoms with Gasteiger partial charge in [0.15, 0.2) is 0 Å². The van der Waals surface area contributed by atoms with Gasteiger partial charge in [-0.3, -0.25) is 20.2 Å². The minimum atomic E-state index is -0.438. The van der Waals surface area contributed by atoms with Gasteiger partial charge in [0.25, 0.3) is 11.4 Å². The number of para-hydroxylation sites is 2. The molecule has 0 spiro atoms. The molecule has 2 heterocycles. The third kappa shape index (κ3) is 5.93. The van der Waals surface area contributed by atoms with Crippen molar-refractivity contribution < 1.29 is 19.3 Å². The number of rotatable bonds is 5. The van der Waals surface area contributed by atoms with Crippen molar-refractivity contribution in [2.75, 3.05) is 16.3 Å². The number of benzene rings is 3. The van der Waals surface area contributed by atoms with E-state index in [4.69, 9.17) is 9.47 Å². The van der Waals surface area contributed by atoms with Gasteiger partial charge in [-0.2, -0.15) is 0 Å². The normalized spacial score (nSPS) is 21.5. The summed E-state index contributed by atoms with van der Waals surface area (Å²) in [6, 6.07) is 17.3. The van der Waals surface area contributed by atoms with Gasteiger partial charge in [-0.1, -0.05) is 49.1 Å². The van der Waals surface area contributed by atoms with Crippen LogP contribution in [0, 0.1) is 20.2 Å². The first-order valence-electron chi connectivity index (χ1n) is 15.5. The molecule has 10 nitrogen and oxygen atoms in total. The maximum absolute atomic E-state index is 12.3. The zero-order valence-electron chi connectivity index (χ0n) is 25.5. The lowest BCUT2D eigenvalue weighted by molar-refractivity contribution is -0.385. The van der Waals surface area contributed by atoms with Crippen LogP contribution in [-0.4, -0.2) is 28.5 Å². The fraction of sp³-hybridized carbons (Fsp3) is 0.189. The topological polar surface area (TPSA) is 111 Å². The van der Waals surface area contributed by atoms with Crippen LogP contribution < -0.4 is 14.5 Å². The highest BCUT2D eigenvalue weighted by Crippen LogP contribution is 2.46. The van der Waals surface area contributed by atoms with Crippen molar-refractivity contribution in [3.8, 4) is 16.9 Å². The number of hydrogen-bond donors (Lipinski definition) is 0. The zero-order chi connectivity index (χ0) is 32.5. The number of allylic oxidation sites excluding steroid dienone is 7. The number of ether oxygens (including phenoxy) is 2. The second-order valence-corrected chi connectivity index (χ2v) is 11.7. The minimum absolute atomic E-state index is 0.0847. The SMILES string of the molecule is C=C1/C=C\C=C/CN(c2cc(-c3cc(N4c5ccccc5OC5C=CCCC54)cc([N+](=O)[O-])c3)cc([N+](=O)[O-])c2)C2=C(CCC=C2)O1. The third-order valence-electron chi connectivity index (χ3n) is 8.67. The summed E-state index contributed by atoms with van der Waals surface area (Å²) < 4.78 is 12.4. The van der Waals surface area contributed by atoms with E-state index in [1.54, 1.807) is 12.1 Å². The smallest absolute Gasteiger partial charge is 0.272 e. The van der Waals surface area contributed by atoms with Crippen LogP contribution in [0.25, 0.3) is 11.1 Å². The Kier molecular flexibility index (Phi) is 7.91. The van der Waals surface area contributed by atoms with Gasteiger partial charge >= 0.3 is 0 Å². The van der Waals surface area contributed by atoms with E-state index in [1.165, 1.54) is 18.2 Å². The number of nitro benzene ring substituents is 2. The van der Waals surface area contributed by atoms with E-state index in [9.17, 15) is 20.2 Å². The number of anilines is 3. The molecule has 2 atom stereocenters. The Hall–Kier alpha value is -5.90. The van der Waals surface area contributed by atoms with Crippen LogP contribution in [0.4, 0.5) is 28.4 Å². The summed E-state index contributed by atoms with van der Waals surface area (Å²) in [5.41, 5.74) is 3.48. The van der Waals surface area contributed by atoms with Crippen molar-refractivity contribution in [1.29, 1.82) is 0 Å². The summed E-state index contributed by atoms with van der Waals surface area (Å²) in [5, 5.41) is 24.7. The molecule has 3 aromatic rings. The van der Waals surface area contributed by atoms with Crippen LogP contribution in [0.1, 0.15) is 25.7 Å². The molecule has 236 valence electrons. The Morgan fingerprint density at radius 1 is 0.830 bits per heavy atom. The first-order valence-corrected chi connectivity index (χ1v) is 15.5. The second-order valence-electron chi connectivity index (χ2n) is 11.7. The number of nitrogens with zero attached hydrogens (tertiary/aromatic N) is 4. The van der Waals surface area contributed by atoms with Crippen molar-refractivity contribution in [1.82, 2.24) is 0 Å². The predicted molar refractivity (Wildman–Crippen MR) is 182 cm³/mol. The van der Waals surface area contributed by atoms with Crippen LogP contribution in [-0.2, 0) is 4.74 Å².